The maximum absolute atomic E-state index is 14.6. The summed E-state index contributed by atoms with van der Waals surface area (Å²) in [6.45, 7) is 4.20. The van der Waals surface area contributed by atoms with E-state index in [9.17, 15) is 13.6 Å². The molecule has 1 unspecified atom stereocenters. The van der Waals surface area contributed by atoms with Crippen LogP contribution in [0.1, 0.15) is 30.5 Å². The van der Waals surface area contributed by atoms with Crippen molar-refractivity contribution in [3.05, 3.63) is 93.7 Å². The molecular weight excluding hydrogens is 530 g/mol. The number of benzene rings is 1. The molecule has 41 heavy (non-hydrogen) atoms. The van der Waals surface area contributed by atoms with Crippen molar-refractivity contribution in [3.8, 4) is 11.6 Å². The Morgan fingerprint density at radius 3 is 2.83 bits per heavy atom. The summed E-state index contributed by atoms with van der Waals surface area (Å²) in [6, 6.07) is 8.29. The summed E-state index contributed by atoms with van der Waals surface area (Å²) in [4.78, 5) is 26.6. The number of nitrogens with zero attached hydrogens (tertiary/aromatic N) is 5. The molecule has 2 aliphatic heterocycles. The van der Waals surface area contributed by atoms with Gasteiger partial charge >= 0.3 is 0 Å². The van der Waals surface area contributed by atoms with Crippen LogP contribution in [0.25, 0.3) is 10.9 Å². The summed E-state index contributed by atoms with van der Waals surface area (Å²) in [5.74, 6) is -1.46. The first kappa shape index (κ1) is 26.5. The first-order valence-electron chi connectivity index (χ1n) is 13.4. The van der Waals surface area contributed by atoms with Crippen LogP contribution < -0.4 is 25.5 Å². The monoisotopic (exact) mass is 560 g/mol. The first-order valence-corrected chi connectivity index (χ1v) is 13.4. The molecule has 0 fully saturated rings. The zero-order chi connectivity index (χ0) is 28.7. The second-order valence-electron chi connectivity index (χ2n) is 10.4. The van der Waals surface area contributed by atoms with Crippen LogP contribution in [-0.4, -0.2) is 46.2 Å². The van der Waals surface area contributed by atoms with Crippen LogP contribution in [0.2, 0.25) is 0 Å². The number of hydrogen-bond acceptors (Lipinski definition) is 8. The molecule has 6 rings (SSSR count). The average molecular weight is 561 g/mol. The van der Waals surface area contributed by atoms with Crippen LogP contribution in [0.4, 0.5) is 20.3 Å². The van der Waals surface area contributed by atoms with Gasteiger partial charge in [-0.05, 0) is 43.2 Å². The van der Waals surface area contributed by atoms with Gasteiger partial charge in [-0.1, -0.05) is 6.08 Å². The number of aromatic nitrogens is 3. The number of hydrogen-bond donors (Lipinski definition) is 1. The number of pyridine rings is 3. The highest BCUT2D eigenvalue weighted by Gasteiger charge is 2.28. The Balaban J connectivity index is 1.41. The van der Waals surface area contributed by atoms with Gasteiger partial charge < -0.3 is 29.6 Å². The van der Waals surface area contributed by atoms with E-state index in [1.165, 1.54) is 0 Å². The van der Waals surface area contributed by atoms with Crippen LogP contribution >= 0.6 is 0 Å². The Morgan fingerprint density at radius 1 is 1.20 bits per heavy atom. The fraction of sp³-hybridized carbons (Fsp3) is 0.300. The second-order valence-corrected chi connectivity index (χ2v) is 10.4. The molecule has 0 spiro atoms. The summed E-state index contributed by atoms with van der Waals surface area (Å²) >= 11 is 0. The minimum Gasteiger partial charge on any atom is -0.486 e. The van der Waals surface area contributed by atoms with E-state index < -0.39 is 11.6 Å². The summed E-state index contributed by atoms with van der Waals surface area (Å²) in [5, 5.41) is 0.0979. The van der Waals surface area contributed by atoms with Crippen molar-refractivity contribution in [2.45, 2.75) is 32.5 Å². The van der Waals surface area contributed by atoms with Gasteiger partial charge in [0.15, 0.2) is 17.0 Å². The van der Waals surface area contributed by atoms with Crippen molar-refractivity contribution in [3.63, 3.8) is 0 Å². The van der Waals surface area contributed by atoms with Gasteiger partial charge in [0.2, 0.25) is 11.7 Å². The van der Waals surface area contributed by atoms with Gasteiger partial charge in [0, 0.05) is 49.4 Å². The Kier molecular flexibility index (Phi) is 6.94. The zero-order valence-corrected chi connectivity index (χ0v) is 22.8. The maximum Gasteiger partial charge on any atom is 0.213 e. The molecule has 11 heteroatoms. The van der Waals surface area contributed by atoms with Crippen LogP contribution in [0.5, 0.6) is 11.6 Å². The molecule has 2 N–H and O–H groups in total. The third-order valence-corrected chi connectivity index (χ3v) is 7.60. The van der Waals surface area contributed by atoms with Crippen molar-refractivity contribution in [1.29, 1.82) is 0 Å². The van der Waals surface area contributed by atoms with Crippen LogP contribution in [0.3, 0.4) is 0 Å². The lowest BCUT2D eigenvalue weighted by Crippen LogP contribution is -2.37. The topological polar surface area (TPSA) is 98.7 Å². The summed E-state index contributed by atoms with van der Waals surface area (Å²) in [6.07, 6.45) is 8.16. The average Bonchev–Trinajstić information content (AvgIpc) is 2.99. The SMILES string of the molecule is COc1cc(CN(Cc2cn3c4c(c(F)c(F)cc4c2=O)OCC3C)C2=CCCN(c3ccc(N)nc3)C2)ccn1. The zero-order valence-electron chi connectivity index (χ0n) is 22.8. The van der Waals surface area contributed by atoms with Crippen LogP contribution in [0, 0.1) is 11.6 Å². The predicted molar refractivity (Wildman–Crippen MR) is 152 cm³/mol. The fourth-order valence-electron chi connectivity index (χ4n) is 5.47. The minimum absolute atomic E-state index is 0.0979. The van der Waals surface area contributed by atoms with E-state index in [0.717, 1.165) is 36.0 Å². The molecule has 1 atom stereocenters. The molecule has 1 aromatic carbocycles. The lowest BCUT2D eigenvalue weighted by molar-refractivity contribution is 0.232. The smallest absolute Gasteiger partial charge is 0.213 e. The molecule has 0 radical (unpaired) electrons. The number of anilines is 2. The van der Waals surface area contributed by atoms with E-state index in [-0.39, 0.29) is 41.3 Å². The van der Waals surface area contributed by atoms with Gasteiger partial charge in [0.05, 0.1) is 42.5 Å². The summed E-state index contributed by atoms with van der Waals surface area (Å²) in [7, 11) is 1.56. The van der Waals surface area contributed by atoms with E-state index in [0.29, 0.717) is 30.4 Å². The fourth-order valence-corrected chi connectivity index (χ4v) is 5.47. The number of ether oxygens (including phenoxy) is 2. The number of rotatable bonds is 7. The third-order valence-electron chi connectivity index (χ3n) is 7.60. The van der Waals surface area contributed by atoms with Crippen LogP contribution in [-0.2, 0) is 13.1 Å². The number of nitrogens with two attached hydrogens (primary N) is 1. The second kappa shape index (κ2) is 10.7. The maximum atomic E-state index is 14.6. The van der Waals surface area contributed by atoms with E-state index in [1.54, 1.807) is 31.8 Å². The highest BCUT2D eigenvalue weighted by atomic mass is 19.2. The largest absolute Gasteiger partial charge is 0.486 e. The summed E-state index contributed by atoms with van der Waals surface area (Å²) < 4.78 is 41.8. The van der Waals surface area contributed by atoms with Crippen molar-refractivity contribution in [1.82, 2.24) is 19.4 Å². The van der Waals surface area contributed by atoms with Gasteiger partial charge in [-0.2, -0.15) is 4.39 Å². The van der Waals surface area contributed by atoms with Crippen molar-refractivity contribution < 1.29 is 18.3 Å². The van der Waals surface area contributed by atoms with Crippen molar-refractivity contribution in [2.24, 2.45) is 0 Å². The molecule has 0 aliphatic carbocycles. The Labute approximate surface area is 235 Å². The van der Waals surface area contributed by atoms with E-state index >= 15 is 0 Å². The lowest BCUT2D eigenvalue weighted by atomic mass is 10.1. The highest BCUT2D eigenvalue weighted by molar-refractivity contribution is 5.86. The standard InChI is InChI=1S/C30H30F2N6O3/c1-18-17-41-30-27(32)24(31)11-23-28(30)38(18)15-20(29(23)39)14-37(13-19-7-8-34-26(10-19)40-2)22-4-3-9-36(16-22)21-5-6-25(33)35-12-21/h4-8,10-12,15,18H,3,9,13-14,16-17H2,1-2H3,(H2,33,35). The van der Waals surface area contributed by atoms with Crippen molar-refractivity contribution in [2.75, 3.05) is 37.4 Å². The molecule has 0 saturated heterocycles. The molecule has 212 valence electrons. The van der Waals surface area contributed by atoms with Gasteiger partial charge in [0.1, 0.15) is 12.4 Å². The molecular formula is C30H30F2N6O3. The molecule has 3 aromatic heterocycles. The van der Waals surface area contributed by atoms with Crippen LogP contribution in [0.15, 0.2) is 65.5 Å². The van der Waals surface area contributed by atoms with E-state index in [4.69, 9.17) is 15.2 Å². The Bertz CT molecular complexity index is 1710. The third kappa shape index (κ3) is 5.03. The van der Waals surface area contributed by atoms with E-state index in [2.05, 4.69) is 25.8 Å². The minimum atomic E-state index is -1.11. The van der Waals surface area contributed by atoms with Gasteiger partial charge in [-0.15, -0.1) is 0 Å². The molecule has 9 nitrogen and oxygen atoms in total. The highest BCUT2D eigenvalue weighted by Crippen LogP contribution is 2.35. The van der Waals surface area contributed by atoms with Gasteiger partial charge in [-0.3, -0.25) is 4.79 Å². The van der Waals surface area contributed by atoms with Crippen molar-refractivity contribution >= 4 is 22.4 Å². The number of methoxy groups -OCH3 is 1. The number of nitrogen functional groups attached to an aromatic ring is 1. The van der Waals surface area contributed by atoms with E-state index in [1.807, 2.05) is 29.7 Å². The normalized spacial score (nSPS) is 16.3. The molecule has 2 aliphatic rings. The predicted octanol–water partition coefficient (Wildman–Crippen LogP) is 4.41. The molecule has 5 heterocycles. The Hall–Kier alpha value is -4.67. The van der Waals surface area contributed by atoms with Gasteiger partial charge in [-0.25, -0.2) is 14.4 Å². The molecule has 0 bridgehead atoms. The first-order chi connectivity index (χ1) is 19.8. The lowest BCUT2D eigenvalue weighted by Gasteiger charge is -2.36. The van der Waals surface area contributed by atoms with Gasteiger partial charge in [0.25, 0.3) is 0 Å². The molecule has 4 aromatic rings. The Morgan fingerprint density at radius 2 is 2.05 bits per heavy atom. The molecule has 0 amide bonds. The number of halogens is 2. The molecule has 0 saturated carbocycles. The summed E-state index contributed by atoms with van der Waals surface area (Å²) in [5.41, 5.74) is 9.10. The quantitative estimate of drug-likeness (QED) is 0.355.